The maximum Gasteiger partial charge on any atom is 0.278 e. The average Bonchev–Trinajstić information content (AvgIpc) is 2.84. The van der Waals surface area contributed by atoms with Crippen LogP contribution >= 0.6 is 0 Å². The molecule has 0 saturated carbocycles. The molecule has 5 nitrogen and oxygen atoms in total. The predicted octanol–water partition coefficient (Wildman–Crippen LogP) is 2.48. The summed E-state index contributed by atoms with van der Waals surface area (Å²) in [6, 6.07) is 10.7. The fourth-order valence-corrected chi connectivity index (χ4v) is 1.68. The van der Waals surface area contributed by atoms with E-state index in [1.54, 1.807) is 36.7 Å². The number of amides is 1. The number of carbonyl (C=O) groups excluding carboxylic acids is 1. The van der Waals surface area contributed by atoms with E-state index < -0.39 is 0 Å². The number of hydrogen-bond donors (Lipinski definition) is 1. The first-order valence-corrected chi connectivity index (χ1v) is 5.40. The van der Waals surface area contributed by atoms with Gasteiger partial charge in [0.2, 0.25) is 0 Å². The standard InChI is InChI=1S/C13H9N3O2/c17-13(15-9-5-7-14-8-6-9)12-10-3-1-2-4-11(10)18-16-12/h1-8H,(H,14,15,17). The van der Waals surface area contributed by atoms with Gasteiger partial charge in [-0.05, 0) is 24.3 Å². The molecule has 2 heterocycles. The molecule has 0 radical (unpaired) electrons. The molecule has 0 aliphatic heterocycles. The number of fused-ring (bicyclic) bond motifs is 1. The molecule has 0 fully saturated rings. The maximum atomic E-state index is 12.0. The molecule has 0 aliphatic rings. The molecule has 1 aromatic carbocycles. The second kappa shape index (κ2) is 4.29. The molecule has 5 heteroatoms. The number of anilines is 1. The van der Waals surface area contributed by atoms with Gasteiger partial charge in [0.05, 0.1) is 5.39 Å². The minimum Gasteiger partial charge on any atom is -0.355 e. The molecule has 0 saturated heterocycles. The van der Waals surface area contributed by atoms with Gasteiger partial charge >= 0.3 is 0 Å². The summed E-state index contributed by atoms with van der Waals surface area (Å²) in [7, 11) is 0. The van der Waals surface area contributed by atoms with Gasteiger partial charge in [0, 0.05) is 18.1 Å². The second-order valence-corrected chi connectivity index (χ2v) is 3.72. The average molecular weight is 239 g/mol. The third-order valence-electron chi connectivity index (χ3n) is 2.53. The third kappa shape index (κ3) is 1.82. The van der Waals surface area contributed by atoms with Gasteiger partial charge in [0.15, 0.2) is 11.3 Å². The highest BCUT2D eigenvalue weighted by Crippen LogP contribution is 2.18. The van der Waals surface area contributed by atoms with Crippen molar-refractivity contribution < 1.29 is 9.32 Å². The number of nitrogens with zero attached hydrogens (tertiary/aromatic N) is 2. The van der Waals surface area contributed by atoms with Crippen molar-refractivity contribution in [1.29, 1.82) is 0 Å². The van der Waals surface area contributed by atoms with Crippen molar-refractivity contribution in [1.82, 2.24) is 10.1 Å². The summed E-state index contributed by atoms with van der Waals surface area (Å²) in [6.45, 7) is 0. The van der Waals surface area contributed by atoms with Gasteiger partial charge in [-0.15, -0.1) is 0 Å². The predicted molar refractivity (Wildman–Crippen MR) is 66.2 cm³/mol. The first-order chi connectivity index (χ1) is 8.84. The molecule has 3 rings (SSSR count). The molecule has 0 spiro atoms. The molecular formula is C13H9N3O2. The zero-order valence-corrected chi connectivity index (χ0v) is 9.33. The molecule has 2 aromatic heterocycles. The Morgan fingerprint density at radius 2 is 1.89 bits per heavy atom. The number of carbonyl (C=O) groups is 1. The smallest absolute Gasteiger partial charge is 0.278 e. The molecule has 3 aromatic rings. The summed E-state index contributed by atoms with van der Waals surface area (Å²) >= 11 is 0. The number of hydrogen-bond acceptors (Lipinski definition) is 4. The van der Waals surface area contributed by atoms with E-state index in [9.17, 15) is 4.79 Å². The van der Waals surface area contributed by atoms with Crippen molar-refractivity contribution in [3.63, 3.8) is 0 Å². The van der Waals surface area contributed by atoms with E-state index in [0.29, 0.717) is 16.7 Å². The van der Waals surface area contributed by atoms with E-state index in [2.05, 4.69) is 15.5 Å². The summed E-state index contributed by atoms with van der Waals surface area (Å²) in [5.74, 6) is -0.300. The quantitative estimate of drug-likeness (QED) is 0.745. The Hall–Kier alpha value is -2.69. The zero-order chi connectivity index (χ0) is 12.4. The lowest BCUT2D eigenvalue weighted by Crippen LogP contribution is -2.12. The Morgan fingerprint density at radius 1 is 1.11 bits per heavy atom. The Labute approximate surface area is 102 Å². The first-order valence-electron chi connectivity index (χ1n) is 5.40. The van der Waals surface area contributed by atoms with E-state index in [1.165, 1.54) is 0 Å². The lowest BCUT2D eigenvalue weighted by atomic mass is 10.2. The van der Waals surface area contributed by atoms with Crippen LogP contribution in [0.1, 0.15) is 10.5 Å². The van der Waals surface area contributed by atoms with Crippen LogP contribution in [0.25, 0.3) is 11.0 Å². The van der Waals surface area contributed by atoms with Crippen LogP contribution in [-0.2, 0) is 0 Å². The van der Waals surface area contributed by atoms with Gasteiger partial charge < -0.3 is 9.84 Å². The molecule has 88 valence electrons. The van der Waals surface area contributed by atoms with Gasteiger partial charge in [-0.25, -0.2) is 0 Å². The molecule has 0 bridgehead atoms. The largest absolute Gasteiger partial charge is 0.355 e. The van der Waals surface area contributed by atoms with E-state index in [0.717, 1.165) is 0 Å². The first kappa shape index (κ1) is 10.5. The molecule has 0 aliphatic carbocycles. The number of para-hydroxylation sites is 1. The molecule has 0 atom stereocenters. The van der Waals surface area contributed by atoms with Crippen LogP contribution in [0, 0.1) is 0 Å². The van der Waals surface area contributed by atoms with Crippen molar-refractivity contribution in [2.45, 2.75) is 0 Å². The van der Waals surface area contributed by atoms with Crippen molar-refractivity contribution in [2.75, 3.05) is 5.32 Å². The van der Waals surface area contributed by atoms with Crippen molar-refractivity contribution >= 4 is 22.6 Å². The number of nitrogens with one attached hydrogen (secondary N) is 1. The SMILES string of the molecule is O=C(Nc1ccncc1)c1noc2ccccc12. The zero-order valence-electron chi connectivity index (χ0n) is 9.33. The fraction of sp³-hybridized carbons (Fsp3) is 0. The topological polar surface area (TPSA) is 68.0 Å². The number of aromatic nitrogens is 2. The molecular weight excluding hydrogens is 230 g/mol. The monoisotopic (exact) mass is 239 g/mol. The maximum absolute atomic E-state index is 12.0. The lowest BCUT2D eigenvalue weighted by Gasteiger charge is -2.01. The van der Waals surface area contributed by atoms with Crippen LogP contribution in [0.2, 0.25) is 0 Å². The molecule has 18 heavy (non-hydrogen) atoms. The van der Waals surface area contributed by atoms with Gasteiger partial charge in [-0.3, -0.25) is 9.78 Å². The summed E-state index contributed by atoms with van der Waals surface area (Å²) in [5, 5.41) is 7.22. The van der Waals surface area contributed by atoms with E-state index >= 15 is 0 Å². The third-order valence-corrected chi connectivity index (χ3v) is 2.53. The summed E-state index contributed by atoms with van der Waals surface area (Å²) in [5.41, 5.74) is 1.54. The molecule has 0 unspecified atom stereocenters. The van der Waals surface area contributed by atoms with E-state index in [-0.39, 0.29) is 11.6 Å². The Kier molecular flexibility index (Phi) is 2.49. The molecule has 1 N–H and O–H groups in total. The van der Waals surface area contributed by atoms with Crippen molar-refractivity contribution in [2.24, 2.45) is 0 Å². The summed E-state index contributed by atoms with van der Waals surface area (Å²) in [4.78, 5) is 15.9. The minimum absolute atomic E-state index is 0.280. The van der Waals surface area contributed by atoms with E-state index in [1.807, 2.05) is 12.1 Å². The van der Waals surface area contributed by atoms with Crippen LogP contribution in [0.5, 0.6) is 0 Å². The van der Waals surface area contributed by atoms with Crippen LogP contribution in [0.15, 0.2) is 53.3 Å². The second-order valence-electron chi connectivity index (χ2n) is 3.72. The van der Waals surface area contributed by atoms with Crippen LogP contribution in [-0.4, -0.2) is 16.0 Å². The lowest BCUT2D eigenvalue weighted by molar-refractivity contribution is 0.102. The van der Waals surface area contributed by atoms with Gasteiger partial charge in [-0.2, -0.15) is 0 Å². The van der Waals surface area contributed by atoms with Gasteiger partial charge in [0.1, 0.15) is 0 Å². The highest BCUT2D eigenvalue weighted by molar-refractivity contribution is 6.10. The van der Waals surface area contributed by atoms with Crippen molar-refractivity contribution in [3.05, 3.63) is 54.5 Å². The number of rotatable bonds is 2. The number of benzene rings is 1. The highest BCUT2D eigenvalue weighted by Gasteiger charge is 2.15. The number of pyridine rings is 1. The van der Waals surface area contributed by atoms with Crippen LogP contribution < -0.4 is 5.32 Å². The Bertz CT molecular complexity index is 692. The highest BCUT2D eigenvalue weighted by atomic mass is 16.5. The Balaban J connectivity index is 1.93. The fourth-order valence-electron chi connectivity index (χ4n) is 1.68. The Morgan fingerprint density at radius 3 is 2.72 bits per heavy atom. The minimum atomic E-state index is -0.300. The van der Waals surface area contributed by atoms with Gasteiger partial charge in [0.25, 0.3) is 5.91 Å². The molecule has 1 amide bonds. The summed E-state index contributed by atoms with van der Waals surface area (Å²) < 4.78 is 5.08. The van der Waals surface area contributed by atoms with Crippen LogP contribution in [0.4, 0.5) is 5.69 Å². The van der Waals surface area contributed by atoms with Crippen LogP contribution in [0.3, 0.4) is 0 Å². The van der Waals surface area contributed by atoms with E-state index in [4.69, 9.17) is 4.52 Å². The van der Waals surface area contributed by atoms with Gasteiger partial charge in [-0.1, -0.05) is 17.3 Å². The van der Waals surface area contributed by atoms with Crippen molar-refractivity contribution in [3.8, 4) is 0 Å². The summed E-state index contributed by atoms with van der Waals surface area (Å²) in [6.07, 6.45) is 3.22. The normalized spacial score (nSPS) is 10.4.